The zero-order valence-electron chi connectivity index (χ0n) is 14.8. The van der Waals surface area contributed by atoms with Crippen LogP contribution >= 0.6 is 0 Å². The minimum Gasteiger partial charge on any atom is -0.435 e. The topological polar surface area (TPSA) is 68.5 Å². The summed E-state index contributed by atoms with van der Waals surface area (Å²) in [6.07, 6.45) is 0. The molecule has 8 heteroatoms. The van der Waals surface area contributed by atoms with E-state index in [0.717, 1.165) is 16.9 Å². The Labute approximate surface area is 154 Å². The van der Waals surface area contributed by atoms with Crippen molar-refractivity contribution < 1.29 is 18.3 Å². The van der Waals surface area contributed by atoms with Crippen LogP contribution in [-0.2, 0) is 11.3 Å². The van der Waals surface area contributed by atoms with E-state index >= 15 is 0 Å². The van der Waals surface area contributed by atoms with E-state index in [9.17, 15) is 13.6 Å². The minimum atomic E-state index is -2.87. The molecule has 27 heavy (non-hydrogen) atoms. The number of aromatic nitrogens is 2. The Morgan fingerprint density at radius 3 is 2.63 bits per heavy atom. The van der Waals surface area contributed by atoms with E-state index in [0.29, 0.717) is 11.3 Å². The van der Waals surface area contributed by atoms with Crippen LogP contribution in [-0.4, -0.2) is 27.8 Å². The zero-order chi connectivity index (χ0) is 19.4. The molecule has 0 saturated carbocycles. The first-order valence-electron chi connectivity index (χ1n) is 8.24. The highest BCUT2D eigenvalue weighted by molar-refractivity contribution is 5.99. The van der Waals surface area contributed by atoms with Gasteiger partial charge >= 0.3 is 6.61 Å². The lowest BCUT2D eigenvalue weighted by Gasteiger charge is -2.07. The quantitative estimate of drug-likeness (QED) is 0.532. The van der Waals surface area contributed by atoms with Crippen molar-refractivity contribution in [2.45, 2.75) is 27.0 Å². The number of rotatable bonds is 6. The number of aryl methyl sites for hydroxylation is 1. The second kappa shape index (κ2) is 7.94. The summed E-state index contributed by atoms with van der Waals surface area (Å²) in [7, 11) is 0. The van der Waals surface area contributed by atoms with Gasteiger partial charge in [0.05, 0.1) is 16.7 Å². The van der Waals surface area contributed by atoms with Crippen molar-refractivity contribution in [3.63, 3.8) is 0 Å². The summed E-state index contributed by atoms with van der Waals surface area (Å²) in [6, 6.07) is 13.6. The molecule has 0 unspecified atom stereocenters. The molecule has 0 bridgehead atoms. The van der Waals surface area contributed by atoms with E-state index < -0.39 is 6.61 Å². The van der Waals surface area contributed by atoms with Gasteiger partial charge < -0.3 is 9.30 Å². The number of hydrogen-bond donors (Lipinski definition) is 1. The predicted octanol–water partition coefficient (Wildman–Crippen LogP) is 3.49. The predicted molar refractivity (Wildman–Crippen MR) is 97.9 cm³/mol. The van der Waals surface area contributed by atoms with Gasteiger partial charge in [0.15, 0.2) is 0 Å². The number of amides is 1. The first-order chi connectivity index (χ1) is 12.9. The number of fused-ring (bicyclic) bond motifs is 1. The molecule has 1 heterocycles. The molecular weight excluding hydrogens is 354 g/mol. The summed E-state index contributed by atoms with van der Waals surface area (Å²) < 4.78 is 30.5. The first-order valence-corrected chi connectivity index (χ1v) is 8.24. The molecule has 0 atom stereocenters. The fourth-order valence-electron chi connectivity index (χ4n) is 2.66. The van der Waals surface area contributed by atoms with Gasteiger partial charge in [-0.1, -0.05) is 12.1 Å². The van der Waals surface area contributed by atoms with E-state index in [1.54, 1.807) is 19.1 Å². The summed E-state index contributed by atoms with van der Waals surface area (Å²) in [5, 5.41) is 4.07. The van der Waals surface area contributed by atoms with Crippen LogP contribution in [0, 0.1) is 6.92 Å². The molecule has 6 nitrogen and oxygen atoms in total. The highest BCUT2D eigenvalue weighted by Crippen LogP contribution is 2.16. The molecule has 0 aliphatic heterocycles. The molecule has 1 N–H and O–H groups in total. The van der Waals surface area contributed by atoms with Crippen LogP contribution in [0.5, 0.6) is 5.75 Å². The number of alkyl halides is 2. The van der Waals surface area contributed by atoms with Crippen molar-refractivity contribution in [3.8, 4) is 5.75 Å². The molecule has 3 aromatic rings. The standard InChI is InChI=1S/C19H18F2N4O2/c1-12(14-7-9-15(10-8-14)27-19(20)21)23-24-18(26)11-25-13(2)22-16-5-3-4-6-17(16)25/h3-10,19H,11H2,1-2H3,(H,24,26)/b23-12-. The van der Waals surface area contributed by atoms with Crippen LogP contribution < -0.4 is 10.2 Å². The fraction of sp³-hybridized carbons (Fsp3) is 0.211. The molecule has 2 aromatic carbocycles. The molecule has 0 spiro atoms. The maximum absolute atomic E-state index is 12.2. The highest BCUT2D eigenvalue weighted by atomic mass is 19.3. The molecule has 0 fully saturated rings. The lowest BCUT2D eigenvalue weighted by molar-refractivity contribution is -0.121. The Kier molecular flexibility index (Phi) is 5.44. The SMILES string of the molecule is C/C(=N/NC(=O)Cn1c(C)nc2ccccc21)c1ccc(OC(F)F)cc1. The molecule has 3 rings (SSSR count). The Balaban J connectivity index is 1.66. The number of para-hydroxylation sites is 2. The molecule has 0 radical (unpaired) electrons. The highest BCUT2D eigenvalue weighted by Gasteiger charge is 2.10. The summed E-state index contributed by atoms with van der Waals surface area (Å²) in [6.45, 7) is 0.767. The lowest BCUT2D eigenvalue weighted by atomic mass is 10.1. The Bertz CT molecular complexity index is 981. The number of imidazole rings is 1. The molecule has 0 aliphatic rings. The summed E-state index contributed by atoms with van der Waals surface area (Å²) in [4.78, 5) is 16.7. The maximum Gasteiger partial charge on any atom is 0.387 e. The van der Waals surface area contributed by atoms with Gasteiger partial charge in [0.1, 0.15) is 18.1 Å². The van der Waals surface area contributed by atoms with Gasteiger partial charge in [0.25, 0.3) is 5.91 Å². The number of nitrogens with zero attached hydrogens (tertiary/aromatic N) is 3. The second-order valence-electron chi connectivity index (χ2n) is 5.87. The van der Waals surface area contributed by atoms with Crippen molar-refractivity contribution in [2.24, 2.45) is 5.10 Å². The monoisotopic (exact) mass is 372 g/mol. The van der Waals surface area contributed by atoms with Crippen LogP contribution in [0.2, 0.25) is 0 Å². The minimum absolute atomic E-state index is 0.0630. The number of nitrogens with one attached hydrogen (secondary N) is 1. The van der Waals surface area contributed by atoms with Crippen molar-refractivity contribution in [2.75, 3.05) is 0 Å². The Morgan fingerprint density at radius 1 is 1.22 bits per heavy atom. The van der Waals surface area contributed by atoms with Crippen LogP contribution in [0.3, 0.4) is 0 Å². The Morgan fingerprint density at radius 2 is 1.93 bits per heavy atom. The van der Waals surface area contributed by atoms with Crippen LogP contribution in [0.4, 0.5) is 8.78 Å². The lowest BCUT2D eigenvalue weighted by Crippen LogP contribution is -2.24. The third-order valence-electron chi connectivity index (χ3n) is 3.99. The second-order valence-corrected chi connectivity index (χ2v) is 5.87. The van der Waals surface area contributed by atoms with Gasteiger partial charge in [-0.15, -0.1) is 0 Å². The number of hydrazone groups is 1. The number of carbonyl (C=O) groups is 1. The first kappa shape index (κ1) is 18.5. The third kappa shape index (κ3) is 4.46. The van der Waals surface area contributed by atoms with Crippen molar-refractivity contribution in [3.05, 3.63) is 59.9 Å². The van der Waals surface area contributed by atoms with E-state index in [1.807, 2.05) is 35.8 Å². The molecule has 0 saturated heterocycles. The van der Waals surface area contributed by atoms with E-state index in [2.05, 4.69) is 20.2 Å². The van der Waals surface area contributed by atoms with Gasteiger partial charge in [-0.25, -0.2) is 10.4 Å². The number of ether oxygens (including phenoxy) is 1. The number of carbonyl (C=O) groups excluding carboxylic acids is 1. The molecule has 0 aliphatic carbocycles. The smallest absolute Gasteiger partial charge is 0.387 e. The zero-order valence-corrected chi connectivity index (χ0v) is 14.8. The van der Waals surface area contributed by atoms with Crippen LogP contribution in [0.1, 0.15) is 18.3 Å². The average Bonchev–Trinajstić information content (AvgIpc) is 2.95. The molecular formula is C19H18F2N4O2. The largest absolute Gasteiger partial charge is 0.435 e. The maximum atomic E-state index is 12.2. The van der Waals surface area contributed by atoms with Crippen LogP contribution in [0.25, 0.3) is 11.0 Å². The third-order valence-corrected chi connectivity index (χ3v) is 3.99. The van der Waals surface area contributed by atoms with Gasteiger partial charge in [-0.3, -0.25) is 4.79 Å². The van der Waals surface area contributed by atoms with E-state index in [4.69, 9.17) is 0 Å². The van der Waals surface area contributed by atoms with Gasteiger partial charge in [0, 0.05) is 0 Å². The molecule has 1 aromatic heterocycles. The van der Waals surface area contributed by atoms with Crippen molar-refractivity contribution >= 4 is 22.7 Å². The number of benzene rings is 2. The van der Waals surface area contributed by atoms with Gasteiger partial charge in [0.2, 0.25) is 0 Å². The van der Waals surface area contributed by atoms with Crippen molar-refractivity contribution in [1.29, 1.82) is 0 Å². The number of halogens is 2. The van der Waals surface area contributed by atoms with Gasteiger partial charge in [-0.05, 0) is 55.8 Å². The summed E-state index contributed by atoms with van der Waals surface area (Å²) in [5.41, 5.74) is 5.43. The van der Waals surface area contributed by atoms with Crippen LogP contribution in [0.15, 0.2) is 53.6 Å². The van der Waals surface area contributed by atoms with E-state index in [1.165, 1.54) is 12.1 Å². The Hall–Kier alpha value is -3.29. The normalized spacial score (nSPS) is 11.8. The summed E-state index contributed by atoms with van der Waals surface area (Å²) in [5.74, 6) is 0.507. The fourth-order valence-corrected chi connectivity index (χ4v) is 2.66. The molecule has 1 amide bonds. The number of hydrogen-bond acceptors (Lipinski definition) is 4. The van der Waals surface area contributed by atoms with Gasteiger partial charge in [-0.2, -0.15) is 13.9 Å². The van der Waals surface area contributed by atoms with E-state index in [-0.39, 0.29) is 18.2 Å². The summed E-state index contributed by atoms with van der Waals surface area (Å²) >= 11 is 0. The molecule has 140 valence electrons. The average molecular weight is 372 g/mol. The van der Waals surface area contributed by atoms with Crippen molar-refractivity contribution in [1.82, 2.24) is 15.0 Å².